The van der Waals surface area contributed by atoms with Crippen LogP contribution in [0.15, 0.2) is 29.2 Å². The van der Waals surface area contributed by atoms with Gasteiger partial charge in [-0.25, -0.2) is 0 Å². The SMILES string of the molecule is CSc1ccc(C(O)CCC(C)C)cc1. The fraction of sp³-hybridized carbons (Fsp3) is 0.538. The Bertz CT molecular complexity index is 279. The molecule has 1 aromatic rings. The molecule has 0 fully saturated rings. The third kappa shape index (κ3) is 4.27. The van der Waals surface area contributed by atoms with Crippen LogP contribution in [0, 0.1) is 5.92 Å². The summed E-state index contributed by atoms with van der Waals surface area (Å²) in [5.41, 5.74) is 1.04. The summed E-state index contributed by atoms with van der Waals surface area (Å²) in [4.78, 5) is 1.25. The summed E-state index contributed by atoms with van der Waals surface area (Å²) >= 11 is 1.73. The van der Waals surface area contributed by atoms with Crippen molar-refractivity contribution >= 4 is 11.8 Å². The molecule has 0 saturated carbocycles. The zero-order chi connectivity index (χ0) is 11.3. The molecule has 1 rings (SSSR count). The third-order valence-corrected chi connectivity index (χ3v) is 3.26. The first-order chi connectivity index (χ1) is 7.13. The van der Waals surface area contributed by atoms with Crippen molar-refractivity contribution in [2.75, 3.05) is 6.26 Å². The Hall–Kier alpha value is -0.470. The molecule has 1 N–H and O–H groups in total. The highest BCUT2D eigenvalue weighted by atomic mass is 32.2. The second-order valence-corrected chi connectivity index (χ2v) is 5.14. The topological polar surface area (TPSA) is 20.2 Å². The predicted octanol–water partition coefficient (Wildman–Crippen LogP) is 3.88. The highest BCUT2D eigenvalue weighted by molar-refractivity contribution is 7.98. The molecule has 0 heterocycles. The largest absolute Gasteiger partial charge is 0.388 e. The molecule has 0 bridgehead atoms. The summed E-state index contributed by atoms with van der Waals surface area (Å²) in [5, 5.41) is 9.93. The molecule has 1 atom stereocenters. The van der Waals surface area contributed by atoms with Gasteiger partial charge in [-0.05, 0) is 42.7 Å². The lowest BCUT2D eigenvalue weighted by Crippen LogP contribution is -1.99. The van der Waals surface area contributed by atoms with E-state index in [4.69, 9.17) is 0 Å². The van der Waals surface area contributed by atoms with Crippen LogP contribution >= 0.6 is 11.8 Å². The number of aliphatic hydroxyl groups excluding tert-OH is 1. The van der Waals surface area contributed by atoms with Gasteiger partial charge in [-0.3, -0.25) is 0 Å². The Kier molecular flexibility index (Phi) is 5.20. The molecule has 0 aliphatic heterocycles. The van der Waals surface area contributed by atoms with E-state index in [-0.39, 0.29) is 6.10 Å². The monoisotopic (exact) mass is 224 g/mol. The fourth-order valence-corrected chi connectivity index (χ4v) is 1.89. The maximum Gasteiger partial charge on any atom is 0.0790 e. The van der Waals surface area contributed by atoms with Gasteiger partial charge in [0.05, 0.1) is 6.10 Å². The van der Waals surface area contributed by atoms with E-state index in [9.17, 15) is 5.11 Å². The van der Waals surface area contributed by atoms with E-state index in [0.29, 0.717) is 5.92 Å². The molecule has 1 aromatic carbocycles. The zero-order valence-corrected chi connectivity index (χ0v) is 10.6. The molecular formula is C13H20OS. The van der Waals surface area contributed by atoms with E-state index < -0.39 is 0 Å². The number of aliphatic hydroxyl groups is 1. The molecule has 15 heavy (non-hydrogen) atoms. The Morgan fingerprint density at radius 1 is 1.13 bits per heavy atom. The van der Waals surface area contributed by atoms with Crippen LogP contribution in [0.25, 0.3) is 0 Å². The van der Waals surface area contributed by atoms with Crippen molar-refractivity contribution in [1.82, 2.24) is 0 Å². The second kappa shape index (κ2) is 6.19. The van der Waals surface area contributed by atoms with E-state index in [0.717, 1.165) is 18.4 Å². The minimum absolute atomic E-state index is 0.302. The van der Waals surface area contributed by atoms with Gasteiger partial charge in [0.1, 0.15) is 0 Å². The molecule has 1 nitrogen and oxygen atoms in total. The smallest absolute Gasteiger partial charge is 0.0790 e. The van der Waals surface area contributed by atoms with Gasteiger partial charge in [-0.1, -0.05) is 26.0 Å². The maximum atomic E-state index is 9.93. The van der Waals surface area contributed by atoms with Crippen LogP contribution in [-0.2, 0) is 0 Å². The van der Waals surface area contributed by atoms with Gasteiger partial charge >= 0.3 is 0 Å². The highest BCUT2D eigenvalue weighted by Crippen LogP contribution is 2.23. The van der Waals surface area contributed by atoms with Crippen LogP contribution in [0.2, 0.25) is 0 Å². The molecule has 1 unspecified atom stereocenters. The first-order valence-corrected chi connectivity index (χ1v) is 6.68. The van der Waals surface area contributed by atoms with E-state index in [2.05, 4.69) is 32.2 Å². The molecule has 0 amide bonds. The summed E-state index contributed by atoms with van der Waals surface area (Å²) < 4.78 is 0. The average molecular weight is 224 g/mol. The van der Waals surface area contributed by atoms with Gasteiger partial charge in [0.15, 0.2) is 0 Å². The first-order valence-electron chi connectivity index (χ1n) is 5.45. The molecule has 0 aliphatic carbocycles. The third-order valence-electron chi connectivity index (χ3n) is 2.52. The molecule has 2 heteroatoms. The van der Waals surface area contributed by atoms with Gasteiger partial charge < -0.3 is 5.11 Å². The van der Waals surface area contributed by atoms with Crippen molar-refractivity contribution in [1.29, 1.82) is 0 Å². The maximum absolute atomic E-state index is 9.93. The molecule has 0 aromatic heterocycles. The lowest BCUT2D eigenvalue weighted by Gasteiger charge is -2.12. The van der Waals surface area contributed by atoms with Crippen LogP contribution in [0.1, 0.15) is 38.4 Å². The number of hydrogen-bond acceptors (Lipinski definition) is 2. The van der Waals surface area contributed by atoms with Crippen molar-refractivity contribution in [2.24, 2.45) is 5.92 Å². The van der Waals surface area contributed by atoms with Crippen molar-refractivity contribution < 1.29 is 5.11 Å². The molecule has 0 saturated heterocycles. The second-order valence-electron chi connectivity index (χ2n) is 4.26. The van der Waals surface area contributed by atoms with E-state index in [1.54, 1.807) is 11.8 Å². The van der Waals surface area contributed by atoms with Crippen LogP contribution in [0.5, 0.6) is 0 Å². The van der Waals surface area contributed by atoms with Crippen molar-refractivity contribution in [2.45, 2.75) is 37.7 Å². The average Bonchev–Trinajstić information content (AvgIpc) is 2.26. The van der Waals surface area contributed by atoms with Gasteiger partial charge in [0.2, 0.25) is 0 Å². The first kappa shape index (κ1) is 12.6. The number of thioether (sulfide) groups is 1. The molecule has 0 radical (unpaired) electrons. The minimum Gasteiger partial charge on any atom is -0.388 e. The number of benzene rings is 1. The normalized spacial score (nSPS) is 13.1. The van der Waals surface area contributed by atoms with Crippen LogP contribution < -0.4 is 0 Å². The lowest BCUT2D eigenvalue weighted by atomic mass is 10.0. The van der Waals surface area contributed by atoms with Crippen molar-refractivity contribution in [3.8, 4) is 0 Å². The summed E-state index contributed by atoms with van der Waals surface area (Å²) in [7, 11) is 0. The number of hydrogen-bond donors (Lipinski definition) is 1. The Morgan fingerprint density at radius 3 is 2.20 bits per heavy atom. The van der Waals surface area contributed by atoms with E-state index >= 15 is 0 Å². The summed E-state index contributed by atoms with van der Waals surface area (Å²) in [6.07, 6.45) is 3.69. The van der Waals surface area contributed by atoms with Gasteiger partial charge in [0.25, 0.3) is 0 Å². The summed E-state index contributed by atoms with van der Waals surface area (Å²) in [5.74, 6) is 0.658. The van der Waals surface area contributed by atoms with Crippen LogP contribution in [0.3, 0.4) is 0 Å². The quantitative estimate of drug-likeness (QED) is 0.766. The van der Waals surface area contributed by atoms with Crippen LogP contribution in [0.4, 0.5) is 0 Å². The minimum atomic E-state index is -0.302. The number of rotatable bonds is 5. The Labute approximate surface area is 96.9 Å². The fourth-order valence-electron chi connectivity index (χ4n) is 1.48. The summed E-state index contributed by atoms with van der Waals surface area (Å²) in [6.45, 7) is 4.37. The van der Waals surface area contributed by atoms with Crippen molar-refractivity contribution in [3.63, 3.8) is 0 Å². The molecule has 0 spiro atoms. The van der Waals surface area contributed by atoms with E-state index in [1.807, 2.05) is 12.1 Å². The van der Waals surface area contributed by atoms with Gasteiger partial charge in [-0.2, -0.15) is 0 Å². The Balaban J connectivity index is 2.54. The lowest BCUT2D eigenvalue weighted by molar-refractivity contribution is 0.159. The molecule has 0 aliphatic rings. The van der Waals surface area contributed by atoms with Gasteiger partial charge in [-0.15, -0.1) is 11.8 Å². The predicted molar refractivity (Wildman–Crippen MR) is 67.3 cm³/mol. The van der Waals surface area contributed by atoms with Gasteiger partial charge in [0, 0.05) is 4.90 Å². The molecule has 84 valence electrons. The summed E-state index contributed by atoms with van der Waals surface area (Å²) in [6, 6.07) is 8.19. The van der Waals surface area contributed by atoms with Crippen molar-refractivity contribution in [3.05, 3.63) is 29.8 Å². The molecular weight excluding hydrogens is 204 g/mol. The van der Waals surface area contributed by atoms with Crippen LogP contribution in [-0.4, -0.2) is 11.4 Å². The standard InChI is InChI=1S/C13H20OS/c1-10(2)4-9-13(14)11-5-7-12(15-3)8-6-11/h5-8,10,13-14H,4,9H2,1-3H3. The zero-order valence-electron chi connectivity index (χ0n) is 9.73. The Morgan fingerprint density at radius 2 is 1.73 bits per heavy atom. The highest BCUT2D eigenvalue weighted by Gasteiger charge is 2.07. The van der Waals surface area contributed by atoms with E-state index in [1.165, 1.54) is 4.90 Å².